The van der Waals surface area contributed by atoms with Crippen LogP contribution in [-0.2, 0) is 19.7 Å². The number of likely N-dealkylation sites (tertiary alicyclic amines) is 1. The summed E-state index contributed by atoms with van der Waals surface area (Å²) in [6, 6.07) is 2.06. The zero-order chi connectivity index (χ0) is 21.1. The molecule has 28 heavy (non-hydrogen) atoms. The molecule has 8 nitrogen and oxygen atoms in total. The summed E-state index contributed by atoms with van der Waals surface area (Å²) < 4.78 is 10.3. The number of carbonyl (C=O) groups excluding carboxylic acids is 2. The predicted molar refractivity (Wildman–Crippen MR) is 102 cm³/mol. The lowest BCUT2D eigenvalue weighted by Gasteiger charge is -2.34. The lowest BCUT2D eigenvalue weighted by Crippen LogP contribution is -2.42. The van der Waals surface area contributed by atoms with Crippen molar-refractivity contribution in [3.63, 3.8) is 0 Å². The van der Waals surface area contributed by atoms with E-state index in [2.05, 4.69) is 16.0 Å². The zero-order valence-corrected chi connectivity index (χ0v) is 17.4. The van der Waals surface area contributed by atoms with Crippen LogP contribution >= 0.6 is 0 Å². The molecule has 8 heteroatoms. The van der Waals surface area contributed by atoms with Crippen molar-refractivity contribution in [2.45, 2.75) is 64.4 Å². The standard InChI is InChI=1S/C20H28N4O4/c1-13-22-11-15(20(5,12-21)17(25)27-6)16(23-13)14-7-9-24(10-8-14)18(26)28-19(2,3)4/h11,14H,7-10H2,1-6H3. The molecule has 1 fully saturated rings. The van der Waals surface area contributed by atoms with E-state index in [0.717, 1.165) is 0 Å². The number of aromatic nitrogens is 2. The molecule has 1 aromatic rings. The zero-order valence-electron chi connectivity index (χ0n) is 17.4. The molecule has 2 rings (SSSR count). The highest BCUT2D eigenvalue weighted by Crippen LogP contribution is 2.35. The maximum Gasteiger partial charge on any atom is 0.410 e. The van der Waals surface area contributed by atoms with Crippen molar-refractivity contribution in [1.29, 1.82) is 5.26 Å². The number of aryl methyl sites for hydroxylation is 1. The monoisotopic (exact) mass is 388 g/mol. The topological polar surface area (TPSA) is 105 Å². The van der Waals surface area contributed by atoms with Crippen LogP contribution in [0.2, 0.25) is 0 Å². The quantitative estimate of drug-likeness (QED) is 0.733. The normalized spacial score (nSPS) is 17.4. The Morgan fingerprint density at radius 1 is 1.25 bits per heavy atom. The number of methoxy groups -OCH3 is 1. The number of carbonyl (C=O) groups is 2. The second-order valence-electron chi connectivity index (χ2n) is 8.19. The molecule has 0 bridgehead atoms. The summed E-state index contributed by atoms with van der Waals surface area (Å²) in [6.07, 6.45) is 2.52. The van der Waals surface area contributed by atoms with E-state index in [1.54, 1.807) is 11.8 Å². The Bertz CT molecular complexity index is 788. The highest BCUT2D eigenvalue weighted by atomic mass is 16.6. The van der Waals surface area contributed by atoms with Crippen LogP contribution in [-0.4, -0.2) is 52.7 Å². The van der Waals surface area contributed by atoms with Crippen molar-refractivity contribution in [3.05, 3.63) is 23.3 Å². The van der Waals surface area contributed by atoms with E-state index >= 15 is 0 Å². The molecule has 1 aliphatic heterocycles. The average Bonchev–Trinajstić information content (AvgIpc) is 2.65. The van der Waals surface area contributed by atoms with Crippen molar-refractivity contribution in [2.75, 3.05) is 20.2 Å². The average molecular weight is 388 g/mol. The Balaban J connectivity index is 2.26. The molecule has 0 aliphatic carbocycles. The predicted octanol–water partition coefficient (Wildman–Crippen LogP) is 2.85. The van der Waals surface area contributed by atoms with Crippen LogP contribution in [0.4, 0.5) is 4.79 Å². The number of ether oxygens (including phenoxy) is 2. The number of amides is 1. The third kappa shape index (κ3) is 4.58. The second kappa shape index (κ2) is 8.13. The van der Waals surface area contributed by atoms with Crippen LogP contribution in [0.3, 0.4) is 0 Å². The summed E-state index contributed by atoms with van der Waals surface area (Å²) >= 11 is 0. The third-order valence-corrected chi connectivity index (χ3v) is 4.83. The van der Waals surface area contributed by atoms with E-state index in [4.69, 9.17) is 9.47 Å². The minimum atomic E-state index is -1.49. The lowest BCUT2D eigenvalue weighted by atomic mass is 9.79. The highest BCUT2D eigenvalue weighted by Gasteiger charge is 2.41. The molecule has 1 aliphatic rings. The summed E-state index contributed by atoms with van der Waals surface area (Å²) in [5.74, 6) is -0.0684. The van der Waals surface area contributed by atoms with Gasteiger partial charge in [0, 0.05) is 30.8 Å². The van der Waals surface area contributed by atoms with Gasteiger partial charge in [0.25, 0.3) is 0 Å². The van der Waals surface area contributed by atoms with Gasteiger partial charge in [-0.1, -0.05) is 0 Å². The van der Waals surface area contributed by atoms with Gasteiger partial charge < -0.3 is 14.4 Å². The highest BCUT2D eigenvalue weighted by molar-refractivity contribution is 5.86. The lowest BCUT2D eigenvalue weighted by molar-refractivity contribution is -0.144. The first-order valence-corrected chi connectivity index (χ1v) is 9.33. The SMILES string of the molecule is COC(=O)C(C)(C#N)c1cnc(C)nc1C1CCN(C(=O)OC(C)(C)C)CC1. The number of hydrogen-bond donors (Lipinski definition) is 0. The molecule has 2 heterocycles. The first-order valence-electron chi connectivity index (χ1n) is 9.33. The molecular formula is C20H28N4O4. The van der Waals surface area contributed by atoms with Crippen molar-refractivity contribution < 1.29 is 19.1 Å². The summed E-state index contributed by atoms with van der Waals surface area (Å²) in [6.45, 7) is 9.83. The van der Waals surface area contributed by atoms with Crippen LogP contribution in [0.25, 0.3) is 0 Å². The number of nitriles is 1. The van der Waals surface area contributed by atoms with Gasteiger partial charge in [0.05, 0.1) is 18.9 Å². The maximum atomic E-state index is 12.3. The van der Waals surface area contributed by atoms with E-state index in [0.29, 0.717) is 43.0 Å². The molecule has 0 radical (unpaired) electrons. The van der Waals surface area contributed by atoms with Crippen molar-refractivity contribution in [3.8, 4) is 6.07 Å². The van der Waals surface area contributed by atoms with Crippen molar-refractivity contribution >= 4 is 12.1 Å². The Labute approximate surface area is 165 Å². The van der Waals surface area contributed by atoms with Crippen LogP contribution in [0, 0.1) is 18.3 Å². The van der Waals surface area contributed by atoms with Crippen LogP contribution in [0.1, 0.15) is 63.5 Å². The van der Waals surface area contributed by atoms with Gasteiger partial charge >= 0.3 is 12.1 Å². The van der Waals surface area contributed by atoms with Gasteiger partial charge in [-0.3, -0.25) is 0 Å². The molecule has 0 spiro atoms. The molecule has 152 valence electrons. The van der Waals surface area contributed by atoms with Crippen LogP contribution < -0.4 is 0 Å². The van der Waals surface area contributed by atoms with E-state index in [9.17, 15) is 14.9 Å². The smallest absolute Gasteiger partial charge is 0.410 e. The van der Waals surface area contributed by atoms with Gasteiger partial charge in [-0.05, 0) is 47.5 Å². The molecule has 1 aromatic heterocycles. The van der Waals surface area contributed by atoms with E-state index in [-0.39, 0.29) is 12.0 Å². The van der Waals surface area contributed by atoms with E-state index in [1.807, 2.05) is 20.8 Å². The molecule has 0 N–H and O–H groups in total. The minimum Gasteiger partial charge on any atom is -0.468 e. The fourth-order valence-electron chi connectivity index (χ4n) is 3.27. The van der Waals surface area contributed by atoms with Crippen molar-refractivity contribution in [2.24, 2.45) is 0 Å². The maximum absolute atomic E-state index is 12.3. The first kappa shape index (κ1) is 21.6. The van der Waals surface area contributed by atoms with Crippen LogP contribution in [0.15, 0.2) is 6.20 Å². The number of nitrogens with zero attached hydrogens (tertiary/aromatic N) is 4. The summed E-state index contributed by atoms with van der Waals surface area (Å²) in [7, 11) is 1.26. The largest absolute Gasteiger partial charge is 0.468 e. The molecule has 0 saturated carbocycles. The fraction of sp³-hybridized carbons (Fsp3) is 0.650. The number of esters is 1. The molecule has 0 aromatic carbocycles. The summed E-state index contributed by atoms with van der Waals surface area (Å²) in [5.41, 5.74) is -0.894. The van der Waals surface area contributed by atoms with Gasteiger partial charge in [-0.25, -0.2) is 19.6 Å². The van der Waals surface area contributed by atoms with Gasteiger partial charge in [0.2, 0.25) is 0 Å². The third-order valence-electron chi connectivity index (χ3n) is 4.83. The number of piperidine rings is 1. The van der Waals surface area contributed by atoms with E-state index < -0.39 is 17.0 Å². The van der Waals surface area contributed by atoms with E-state index in [1.165, 1.54) is 20.2 Å². The van der Waals surface area contributed by atoms with Gasteiger partial charge in [-0.2, -0.15) is 5.26 Å². The van der Waals surface area contributed by atoms with Gasteiger partial charge in [0.1, 0.15) is 11.4 Å². The Hall–Kier alpha value is -2.69. The molecule has 1 amide bonds. The van der Waals surface area contributed by atoms with Crippen LogP contribution in [0.5, 0.6) is 0 Å². The number of hydrogen-bond acceptors (Lipinski definition) is 7. The number of rotatable bonds is 3. The summed E-state index contributed by atoms with van der Waals surface area (Å²) in [4.78, 5) is 35.0. The Kier molecular flexibility index (Phi) is 6.27. The minimum absolute atomic E-state index is 0.00715. The first-order chi connectivity index (χ1) is 13.0. The molecule has 1 atom stereocenters. The fourth-order valence-corrected chi connectivity index (χ4v) is 3.27. The molecule has 1 saturated heterocycles. The van der Waals surface area contributed by atoms with Crippen molar-refractivity contribution in [1.82, 2.24) is 14.9 Å². The Morgan fingerprint density at radius 2 is 1.86 bits per heavy atom. The summed E-state index contributed by atoms with van der Waals surface area (Å²) in [5, 5.41) is 9.68. The molecule has 1 unspecified atom stereocenters. The second-order valence-corrected chi connectivity index (χ2v) is 8.19. The molecular weight excluding hydrogens is 360 g/mol. The van der Waals surface area contributed by atoms with Gasteiger partial charge in [-0.15, -0.1) is 0 Å². The Morgan fingerprint density at radius 3 is 2.36 bits per heavy atom. The van der Waals surface area contributed by atoms with Gasteiger partial charge in [0.15, 0.2) is 5.41 Å².